The van der Waals surface area contributed by atoms with E-state index in [-0.39, 0.29) is 76.2 Å². The minimum atomic E-state index is -3.80. The number of carbonyl (C=O) groups is 5. The number of halogens is 1. The van der Waals surface area contributed by atoms with Gasteiger partial charge in [0.05, 0.1) is 21.7 Å². The molecule has 2 aliphatic heterocycles. The van der Waals surface area contributed by atoms with Crippen LogP contribution in [0.15, 0.2) is 71.5 Å². The maximum absolute atomic E-state index is 14.0. The predicted octanol–water partition coefficient (Wildman–Crippen LogP) is 6.96. The van der Waals surface area contributed by atoms with Crippen molar-refractivity contribution in [2.75, 3.05) is 23.8 Å². The fourth-order valence-electron chi connectivity index (χ4n) is 9.82. The quantitative estimate of drug-likeness (QED) is 0.0711. The number of imidazole rings is 1. The first kappa shape index (κ1) is 47.5. The number of aliphatic carboxylic acids is 1. The van der Waals surface area contributed by atoms with Gasteiger partial charge in [-0.1, -0.05) is 41.9 Å². The second-order valence-corrected chi connectivity index (χ2v) is 21.4. The molecule has 5 N–H and O–H groups in total. The van der Waals surface area contributed by atoms with Crippen LogP contribution in [-0.2, 0) is 42.0 Å². The average Bonchev–Trinajstić information content (AvgIpc) is 3.73. The number of fused-ring (bicyclic) bond motifs is 1. The van der Waals surface area contributed by atoms with Crippen molar-refractivity contribution in [3.63, 3.8) is 0 Å². The second-order valence-electron chi connectivity index (χ2n) is 18.1. The van der Waals surface area contributed by atoms with E-state index in [1.165, 1.54) is 9.13 Å². The predicted molar refractivity (Wildman–Crippen MR) is 253 cm³/mol. The zero-order valence-corrected chi connectivity index (χ0v) is 39.4. The van der Waals surface area contributed by atoms with Gasteiger partial charge in [0.15, 0.2) is 17.2 Å². The van der Waals surface area contributed by atoms with E-state index >= 15 is 0 Å². The molecule has 2 saturated heterocycles. The average molecular weight is 976 g/mol. The van der Waals surface area contributed by atoms with E-state index in [1.807, 2.05) is 38.1 Å². The lowest BCUT2D eigenvalue weighted by Gasteiger charge is -2.45. The summed E-state index contributed by atoms with van der Waals surface area (Å²) in [6.45, 7) is 3.28. The van der Waals surface area contributed by atoms with E-state index in [0.29, 0.717) is 64.1 Å². The molecule has 5 aromatic rings. The molecule has 1 unspecified atom stereocenters. The number of carbonyl (C=O) groups excluding carboxylic acids is 3. The smallest absolute Gasteiger partial charge is 0.349 e. The van der Waals surface area contributed by atoms with Crippen LogP contribution in [0, 0.1) is 5.92 Å². The van der Waals surface area contributed by atoms with Crippen molar-refractivity contribution >= 4 is 85.0 Å². The van der Waals surface area contributed by atoms with Crippen LogP contribution in [0.5, 0.6) is 5.75 Å². The van der Waals surface area contributed by atoms with Crippen molar-refractivity contribution in [2.45, 2.75) is 94.5 Å². The standard InChI is InChI=1S/C47H51ClN6O11S2/c1-47(2)23-33(49-32-9-5-7-30(21-32)41-39(48)40(65-24-38(56)57)42(66-41)45(60)61)18-19-53(47)67(63,64)25-26-6-4-8-31(20-26)50-43(58)28-12-10-27(11-13-28)29-14-15-34-36(22-29)52(3)46(62)54(34)35-16-17-37(55)51-44(35)59/h4-9,14-15,20-22,27-28,33,35,49H,10-13,16-19,23-25H2,1-3H3,(H,50,58)(H,56,57)(H,60,61)(H,51,55,59)/t27?,28?,33-,35?/m0/s1. The fraction of sp³-hybridized carbons (Fsp3) is 0.404. The van der Waals surface area contributed by atoms with Gasteiger partial charge in [0.2, 0.25) is 27.7 Å². The van der Waals surface area contributed by atoms with Crippen LogP contribution in [0.2, 0.25) is 5.02 Å². The maximum atomic E-state index is 14.0. The van der Waals surface area contributed by atoms with Crippen LogP contribution in [-0.4, -0.2) is 86.5 Å². The molecule has 3 fully saturated rings. The summed E-state index contributed by atoms with van der Waals surface area (Å²) in [6.07, 6.45) is 4.22. The number of anilines is 2. The Hall–Kier alpha value is -6.02. The summed E-state index contributed by atoms with van der Waals surface area (Å²) in [5.41, 5.74) is 3.66. The Morgan fingerprint density at radius 2 is 1.66 bits per heavy atom. The van der Waals surface area contributed by atoms with Gasteiger partial charge in [-0.25, -0.2) is 22.8 Å². The highest BCUT2D eigenvalue weighted by Crippen LogP contribution is 2.46. The van der Waals surface area contributed by atoms with Crippen LogP contribution in [0.1, 0.15) is 98.0 Å². The number of carboxylic acid groups (broad SMARTS) is 2. The SMILES string of the molecule is Cn1c(=O)n(C2CCC(=O)NC2=O)c2ccc(C3CCC(C(=O)Nc4cccc(CS(=O)(=O)N5CC[C@H](Nc6cccc(-c7sc(C(=O)O)c(OCC(=O)O)c7Cl)c6)CC5(C)C)c4)CC3)cc21. The number of nitrogens with zero attached hydrogens (tertiary/aromatic N) is 3. The summed E-state index contributed by atoms with van der Waals surface area (Å²) in [6, 6.07) is 19.1. The summed E-state index contributed by atoms with van der Waals surface area (Å²) >= 11 is 7.40. The molecule has 0 radical (unpaired) electrons. The monoisotopic (exact) mass is 974 g/mol. The van der Waals surface area contributed by atoms with Gasteiger partial charge in [0.25, 0.3) is 0 Å². The molecular formula is C47H51ClN6O11S2. The van der Waals surface area contributed by atoms with E-state index in [4.69, 9.17) is 21.4 Å². The molecule has 4 heterocycles. The molecule has 3 aliphatic rings. The Bertz CT molecular complexity index is 2970. The zero-order valence-electron chi connectivity index (χ0n) is 37.0. The summed E-state index contributed by atoms with van der Waals surface area (Å²) < 4.78 is 37.8. The number of amides is 3. The number of hydrogen-bond donors (Lipinski definition) is 5. The van der Waals surface area contributed by atoms with Gasteiger partial charge in [-0.05, 0) is 118 Å². The number of aromatic nitrogens is 2. The van der Waals surface area contributed by atoms with Gasteiger partial charge in [-0.3, -0.25) is 28.8 Å². The van der Waals surface area contributed by atoms with Crippen molar-refractivity contribution in [2.24, 2.45) is 13.0 Å². The molecule has 3 amide bonds. The molecule has 3 aromatic carbocycles. The van der Waals surface area contributed by atoms with Gasteiger partial charge in [0, 0.05) is 48.9 Å². The van der Waals surface area contributed by atoms with Crippen LogP contribution >= 0.6 is 22.9 Å². The largest absolute Gasteiger partial charge is 0.479 e. The molecule has 8 rings (SSSR count). The second kappa shape index (κ2) is 18.9. The Morgan fingerprint density at radius 1 is 0.925 bits per heavy atom. The lowest BCUT2D eigenvalue weighted by molar-refractivity contribution is -0.139. The lowest BCUT2D eigenvalue weighted by atomic mass is 9.78. The van der Waals surface area contributed by atoms with Crippen LogP contribution in [0.3, 0.4) is 0 Å². The number of aromatic carboxylic acids is 1. The highest BCUT2D eigenvalue weighted by molar-refractivity contribution is 7.88. The number of ether oxygens (including phenoxy) is 1. The highest BCUT2D eigenvalue weighted by Gasteiger charge is 2.42. The van der Waals surface area contributed by atoms with Gasteiger partial charge >= 0.3 is 17.6 Å². The Kier molecular flexibility index (Phi) is 13.4. The summed E-state index contributed by atoms with van der Waals surface area (Å²) in [5.74, 6) is -4.05. The lowest BCUT2D eigenvalue weighted by Crippen LogP contribution is -2.55. The minimum absolute atomic E-state index is 0.00140. The summed E-state index contributed by atoms with van der Waals surface area (Å²) in [4.78, 5) is 74.4. The topological polar surface area (TPSA) is 235 Å². The number of piperidine rings is 2. The molecule has 354 valence electrons. The summed E-state index contributed by atoms with van der Waals surface area (Å²) in [5, 5.41) is 27.6. The first-order valence-electron chi connectivity index (χ1n) is 22.0. The minimum Gasteiger partial charge on any atom is -0.479 e. The van der Waals surface area contributed by atoms with Crippen molar-refractivity contribution in [3.05, 3.63) is 98.2 Å². The molecule has 0 spiro atoms. The van der Waals surface area contributed by atoms with E-state index in [9.17, 15) is 42.3 Å². The van der Waals surface area contributed by atoms with Crippen molar-refractivity contribution < 1.29 is 47.3 Å². The van der Waals surface area contributed by atoms with E-state index in [1.54, 1.807) is 53.8 Å². The van der Waals surface area contributed by atoms with Crippen molar-refractivity contribution in [1.29, 1.82) is 0 Å². The highest BCUT2D eigenvalue weighted by atomic mass is 35.5. The molecule has 67 heavy (non-hydrogen) atoms. The number of imide groups is 1. The molecule has 1 aliphatic carbocycles. The maximum Gasteiger partial charge on any atom is 0.349 e. The number of rotatable bonds is 14. The third-order valence-corrected chi connectivity index (χ3v) is 16.8. The van der Waals surface area contributed by atoms with Crippen LogP contribution in [0.25, 0.3) is 21.5 Å². The van der Waals surface area contributed by atoms with Crippen LogP contribution < -0.4 is 26.4 Å². The van der Waals surface area contributed by atoms with Crippen molar-refractivity contribution in [1.82, 2.24) is 18.8 Å². The van der Waals surface area contributed by atoms with E-state index in [0.717, 1.165) is 29.7 Å². The first-order chi connectivity index (χ1) is 31.8. The fourth-order valence-corrected chi connectivity index (χ4v) is 13.2. The molecule has 2 atom stereocenters. The number of nitrogens with one attached hydrogen (secondary N) is 3. The van der Waals surface area contributed by atoms with E-state index in [2.05, 4.69) is 16.0 Å². The first-order valence-corrected chi connectivity index (χ1v) is 24.8. The van der Waals surface area contributed by atoms with Gasteiger partial charge in [-0.2, -0.15) is 4.31 Å². The number of benzene rings is 3. The molecule has 2 aromatic heterocycles. The molecular weight excluding hydrogens is 924 g/mol. The number of sulfonamides is 1. The Morgan fingerprint density at radius 3 is 2.36 bits per heavy atom. The summed E-state index contributed by atoms with van der Waals surface area (Å²) in [7, 11) is -2.13. The number of aryl methyl sites for hydroxylation is 1. The third kappa shape index (κ3) is 10.0. The van der Waals surface area contributed by atoms with Gasteiger partial charge < -0.3 is 25.6 Å². The molecule has 1 saturated carbocycles. The van der Waals surface area contributed by atoms with Gasteiger partial charge in [-0.15, -0.1) is 11.3 Å². The molecule has 17 nitrogen and oxygen atoms in total. The zero-order chi connectivity index (χ0) is 47.9. The number of carboxylic acids is 2. The normalized spacial score (nSPS) is 21.1. The Labute approximate surface area is 395 Å². The van der Waals surface area contributed by atoms with Gasteiger partial charge in [0.1, 0.15) is 11.1 Å². The Balaban J connectivity index is 0.858. The molecule has 20 heteroatoms. The van der Waals surface area contributed by atoms with E-state index < -0.39 is 46.1 Å². The number of hydrogen-bond acceptors (Lipinski definition) is 11. The number of thiophene rings is 1. The van der Waals surface area contributed by atoms with Crippen LogP contribution in [0.4, 0.5) is 11.4 Å². The van der Waals surface area contributed by atoms with Crippen molar-refractivity contribution in [3.8, 4) is 16.2 Å². The third-order valence-electron chi connectivity index (χ3n) is 13.0. The molecule has 0 bridgehead atoms.